The molecule has 0 bridgehead atoms. The third kappa shape index (κ3) is 5.25. The smallest absolute Gasteiger partial charge is 0.127 e. The number of aliphatic imine (C=N–C) groups is 2. The van der Waals surface area contributed by atoms with Gasteiger partial charge in [-0.25, -0.2) is 0 Å². The van der Waals surface area contributed by atoms with Crippen molar-refractivity contribution >= 4 is 23.8 Å². The predicted molar refractivity (Wildman–Crippen MR) is 135 cm³/mol. The van der Waals surface area contributed by atoms with Gasteiger partial charge in [-0.2, -0.15) is 0 Å². The standard InChI is InChI=1S/C28H32N2O2/c1-17(2)21-11-19(5)27(31)23(13-21)15-29-25-9-7-8-10-26(25)30-16-24-14-22(18(3)4)12-20(6)28(24)32/h7-18,31-32H,1-6H3. The predicted octanol–water partition coefficient (Wildman–Crippen LogP) is 7.46. The van der Waals surface area contributed by atoms with Crippen LogP contribution in [0.1, 0.15) is 72.9 Å². The first-order chi connectivity index (χ1) is 15.2. The number of hydrogen-bond acceptors (Lipinski definition) is 4. The SMILES string of the molecule is Cc1cc(C(C)C)cc(C=Nc2ccccc2N=Cc2cc(C(C)C)cc(C)c2O)c1O. The van der Waals surface area contributed by atoms with E-state index in [9.17, 15) is 10.2 Å². The number of rotatable bonds is 6. The van der Waals surface area contributed by atoms with Gasteiger partial charge in [0, 0.05) is 23.6 Å². The van der Waals surface area contributed by atoms with Crippen LogP contribution in [-0.2, 0) is 0 Å². The Balaban J connectivity index is 1.96. The van der Waals surface area contributed by atoms with E-state index in [4.69, 9.17) is 0 Å². The number of phenolic OH excluding ortho intramolecular Hbond substituents is 2. The van der Waals surface area contributed by atoms with Gasteiger partial charge in [0.25, 0.3) is 0 Å². The van der Waals surface area contributed by atoms with Gasteiger partial charge in [0.2, 0.25) is 0 Å². The molecule has 0 radical (unpaired) electrons. The fourth-order valence-electron chi connectivity index (χ4n) is 3.50. The van der Waals surface area contributed by atoms with Gasteiger partial charge in [-0.3, -0.25) is 9.98 Å². The maximum Gasteiger partial charge on any atom is 0.127 e. The average molecular weight is 429 g/mol. The van der Waals surface area contributed by atoms with Gasteiger partial charge in [-0.1, -0.05) is 52.0 Å². The van der Waals surface area contributed by atoms with Gasteiger partial charge in [0.05, 0.1) is 11.4 Å². The number of benzene rings is 3. The molecule has 2 N–H and O–H groups in total. The second-order valence-corrected chi connectivity index (χ2v) is 8.87. The highest BCUT2D eigenvalue weighted by Crippen LogP contribution is 2.31. The molecule has 0 fully saturated rings. The Morgan fingerprint density at radius 1 is 0.656 bits per heavy atom. The Labute approximate surface area is 191 Å². The van der Waals surface area contributed by atoms with Crippen LogP contribution in [0.3, 0.4) is 0 Å². The van der Waals surface area contributed by atoms with Crippen LogP contribution in [-0.4, -0.2) is 22.6 Å². The quantitative estimate of drug-likeness (QED) is 0.400. The highest BCUT2D eigenvalue weighted by Gasteiger charge is 2.10. The molecule has 0 unspecified atom stereocenters. The zero-order chi connectivity index (χ0) is 23.4. The summed E-state index contributed by atoms with van der Waals surface area (Å²) in [5, 5.41) is 21.0. The molecule has 0 spiro atoms. The van der Waals surface area contributed by atoms with Crippen molar-refractivity contribution in [3.8, 4) is 11.5 Å². The summed E-state index contributed by atoms with van der Waals surface area (Å²) >= 11 is 0. The lowest BCUT2D eigenvalue weighted by Crippen LogP contribution is -1.94. The van der Waals surface area contributed by atoms with E-state index in [1.807, 2.05) is 62.4 Å². The summed E-state index contributed by atoms with van der Waals surface area (Å²) in [6.07, 6.45) is 3.37. The molecule has 0 aliphatic rings. The van der Waals surface area contributed by atoms with E-state index in [0.717, 1.165) is 22.3 Å². The maximum absolute atomic E-state index is 10.5. The average Bonchev–Trinajstić information content (AvgIpc) is 2.75. The topological polar surface area (TPSA) is 65.2 Å². The number of nitrogens with zero attached hydrogens (tertiary/aromatic N) is 2. The number of aryl methyl sites for hydroxylation is 2. The number of hydrogen-bond donors (Lipinski definition) is 2. The van der Waals surface area contributed by atoms with E-state index < -0.39 is 0 Å². The van der Waals surface area contributed by atoms with Gasteiger partial charge in [-0.15, -0.1) is 0 Å². The van der Waals surface area contributed by atoms with E-state index in [-0.39, 0.29) is 11.5 Å². The van der Waals surface area contributed by atoms with Crippen LogP contribution >= 0.6 is 0 Å². The maximum atomic E-state index is 10.5. The van der Waals surface area contributed by atoms with Crippen molar-refractivity contribution in [1.82, 2.24) is 0 Å². The molecule has 0 saturated carbocycles. The lowest BCUT2D eigenvalue weighted by Gasteiger charge is -2.11. The van der Waals surface area contributed by atoms with Gasteiger partial charge < -0.3 is 10.2 Å². The van der Waals surface area contributed by atoms with Crippen molar-refractivity contribution < 1.29 is 10.2 Å². The Hall–Kier alpha value is -3.40. The van der Waals surface area contributed by atoms with Crippen LogP contribution in [0, 0.1) is 13.8 Å². The minimum Gasteiger partial charge on any atom is -0.507 e. The molecule has 0 amide bonds. The fourth-order valence-corrected chi connectivity index (χ4v) is 3.50. The number of aromatic hydroxyl groups is 2. The van der Waals surface area contributed by atoms with Crippen molar-refractivity contribution in [2.75, 3.05) is 0 Å². The van der Waals surface area contributed by atoms with Crippen LogP contribution in [0.4, 0.5) is 11.4 Å². The van der Waals surface area contributed by atoms with Gasteiger partial charge in [0.15, 0.2) is 0 Å². The van der Waals surface area contributed by atoms with Crippen LogP contribution in [0.2, 0.25) is 0 Å². The van der Waals surface area contributed by atoms with E-state index in [0.29, 0.717) is 34.3 Å². The Kier molecular flexibility index (Phi) is 7.14. The molecule has 0 aliphatic carbocycles. The summed E-state index contributed by atoms with van der Waals surface area (Å²) < 4.78 is 0. The third-order valence-corrected chi connectivity index (χ3v) is 5.61. The highest BCUT2D eigenvalue weighted by molar-refractivity contribution is 5.90. The first kappa shape index (κ1) is 23.3. The first-order valence-corrected chi connectivity index (χ1v) is 11.0. The molecule has 4 heteroatoms. The Morgan fingerprint density at radius 2 is 1.03 bits per heavy atom. The molecule has 0 heterocycles. The zero-order valence-corrected chi connectivity index (χ0v) is 19.7. The summed E-state index contributed by atoms with van der Waals surface area (Å²) in [5.74, 6) is 1.20. The molecule has 3 rings (SSSR count). The molecular formula is C28H32N2O2. The van der Waals surface area contributed by atoms with Crippen LogP contribution < -0.4 is 0 Å². The largest absolute Gasteiger partial charge is 0.507 e. The Morgan fingerprint density at radius 3 is 1.38 bits per heavy atom. The van der Waals surface area contributed by atoms with E-state index in [1.54, 1.807) is 12.4 Å². The number of para-hydroxylation sites is 2. The second kappa shape index (κ2) is 9.82. The number of phenols is 2. The third-order valence-electron chi connectivity index (χ3n) is 5.61. The lowest BCUT2D eigenvalue weighted by atomic mass is 9.97. The van der Waals surface area contributed by atoms with Crippen LogP contribution in [0.25, 0.3) is 0 Å². The monoisotopic (exact) mass is 428 g/mol. The summed E-state index contributed by atoms with van der Waals surface area (Å²) in [7, 11) is 0. The van der Waals surface area contributed by atoms with Crippen LogP contribution in [0.15, 0.2) is 58.5 Å². The minimum absolute atomic E-state index is 0.241. The van der Waals surface area contributed by atoms with Gasteiger partial charge >= 0.3 is 0 Å². The summed E-state index contributed by atoms with van der Waals surface area (Å²) in [6, 6.07) is 15.5. The second-order valence-electron chi connectivity index (χ2n) is 8.87. The van der Waals surface area contributed by atoms with Crippen LogP contribution in [0.5, 0.6) is 11.5 Å². The molecule has 166 valence electrons. The Bertz CT molecular complexity index is 1080. The van der Waals surface area contributed by atoms with Gasteiger partial charge in [0.1, 0.15) is 11.5 Å². The molecule has 0 aromatic heterocycles. The molecule has 0 atom stereocenters. The molecule has 4 nitrogen and oxygen atoms in total. The first-order valence-electron chi connectivity index (χ1n) is 11.0. The molecular weight excluding hydrogens is 396 g/mol. The van der Waals surface area contributed by atoms with E-state index in [2.05, 4.69) is 37.7 Å². The normalized spacial score (nSPS) is 12.0. The molecule has 0 saturated heterocycles. The molecule has 3 aromatic rings. The van der Waals surface area contributed by atoms with Crippen molar-refractivity contribution in [3.63, 3.8) is 0 Å². The lowest BCUT2D eigenvalue weighted by molar-refractivity contribution is 0.469. The molecule has 0 aliphatic heterocycles. The van der Waals surface area contributed by atoms with E-state index in [1.165, 1.54) is 0 Å². The molecule has 32 heavy (non-hydrogen) atoms. The zero-order valence-electron chi connectivity index (χ0n) is 19.7. The summed E-state index contributed by atoms with van der Waals surface area (Å²) in [4.78, 5) is 9.23. The molecule has 3 aromatic carbocycles. The van der Waals surface area contributed by atoms with E-state index >= 15 is 0 Å². The fraction of sp³-hybridized carbons (Fsp3) is 0.286. The van der Waals surface area contributed by atoms with Crippen molar-refractivity contribution in [3.05, 3.63) is 81.9 Å². The van der Waals surface area contributed by atoms with Crippen molar-refractivity contribution in [2.45, 2.75) is 53.4 Å². The minimum atomic E-state index is 0.241. The van der Waals surface area contributed by atoms with Gasteiger partial charge in [-0.05, 0) is 72.2 Å². The highest BCUT2D eigenvalue weighted by atomic mass is 16.3. The summed E-state index contributed by atoms with van der Waals surface area (Å²) in [5.41, 5.74) is 6.72. The summed E-state index contributed by atoms with van der Waals surface area (Å²) in [6.45, 7) is 12.3. The van der Waals surface area contributed by atoms with Crippen molar-refractivity contribution in [1.29, 1.82) is 0 Å². The van der Waals surface area contributed by atoms with Crippen molar-refractivity contribution in [2.24, 2.45) is 9.98 Å².